The van der Waals surface area contributed by atoms with Gasteiger partial charge in [0.25, 0.3) is 5.91 Å². The number of ether oxygens (including phenoxy) is 1. The summed E-state index contributed by atoms with van der Waals surface area (Å²) in [6.45, 7) is 0.370. The summed E-state index contributed by atoms with van der Waals surface area (Å²) in [6, 6.07) is 19.9. The molecule has 0 atom stereocenters. The van der Waals surface area contributed by atoms with Crippen LogP contribution in [0.2, 0.25) is 0 Å². The molecule has 7 nitrogen and oxygen atoms in total. The van der Waals surface area contributed by atoms with E-state index in [1.807, 2.05) is 30.3 Å². The third-order valence-corrected chi connectivity index (χ3v) is 4.36. The number of nitrogens with one attached hydrogen (secondary N) is 1. The zero-order valence-electron chi connectivity index (χ0n) is 15.2. The van der Waals surface area contributed by atoms with Gasteiger partial charge in [0.2, 0.25) is 0 Å². The maximum absolute atomic E-state index is 12.7. The van der Waals surface area contributed by atoms with E-state index >= 15 is 0 Å². The minimum Gasteiger partial charge on any atom is -0.497 e. The SMILES string of the molecule is COc1ccc(NC(=O)c2ccc3nn(Cc4ccccc4)c(=O)n3c2)cc1. The minimum absolute atomic E-state index is 0.294. The van der Waals surface area contributed by atoms with Gasteiger partial charge in [0.05, 0.1) is 19.2 Å². The molecule has 1 amide bonds. The number of aromatic nitrogens is 3. The summed E-state index contributed by atoms with van der Waals surface area (Å²) in [4.78, 5) is 25.2. The number of amides is 1. The largest absolute Gasteiger partial charge is 0.497 e. The van der Waals surface area contributed by atoms with Crippen molar-refractivity contribution in [1.82, 2.24) is 14.2 Å². The van der Waals surface area contributed by atoms with Crippen molar-refractivity contribution >= 4 is 17.2 Å². The molecular weight excluding hydrogens is 356 g/mol. The van der Waals surface area contributed by atoms with Gasteiger partial charge in [-0.25, -0.2) is 13.9 Å². The molecule has 0 saturated carbocycles. The number of hydrogen-bond donors (Lipinski definition) is 1. The van der Waals surface area contributed by atoms with Crippen LogP contribution >= 0.6 is 0 Å². The molecule has 0 fully saturated rings. The van der Waals surface area contributed by atoms with Crippen molar-refractivity contribution in [2.75, 3.05) is 12.4 Å². The summed E-state index contributed by atoms with van der Waals surface area (Å²) in [6.07, 6.45) is 1.50. The van der Waals surface area contributed by atoms with Gasteiger partial charge in [0, 0.05) is 11.9 Å². The summed E-state index contributed by atoms with van der Waals surface area (Å²) >= 11 is 0. The van der Waals surface area contributed by atoms with E-state index in [0.717, 1.165) is 5.56 Å². The topological polar surface area (TPSA) is 77.6 Å². The van der Waals surface area contributed by atoms with Gasteiger partial charge in [-0.3, -0.25) is 4.79 Å². The number of rotatable bonds is 5. The number of carbonyl (C=O) groups excluding carboxylic acids is 1. The van der Waals surface area contributed by atoms with Crippen molar-refractivity contribution in [3.63, 3.8) is 0 Å². The number of fused-ring (bicyclic) bond motifs is 1. The van der Waals surface area contributed by atoms with Crippen LogP contribution in [0.4, 0.5) is 5.69 Å². The van der Waals surface area contributed by atoms with Crippen LogP contribution in [0.15, 0.2) is 77.7 Å². The molecule has 1 N–H and O–H groups in total. The second-order valence-electron chi connectivity index (χ2n) is 6.25. The Morgan fingerprint density at radius 1 is 1.04 bits per heavy atom. The van der Waals surface area contributed by atoms with Gasteiger partial charge >= 0.3 is 5.69 Å². The highest BCUT2D eigenvalue weighted by Gasteiger charge is 2.12. The molecule has 0 spiro atoms. The predicted octanol–water partition coefficient (Wildman–Crippen LogP) is 2.81. The van der Waals surface area contributed by atoms with E-state index in [1.54, 1.807) is 43.5 Å². The van der Waals surface area contributed by atoms with Crippen molar-refractivity contribution < 1.29 is 9.53 Å². The highest BCUT2D eigenvalue weighted by Crippen LogP contribution is 2.16. The Labute approximate surface area is 160 Å². The molecule has 2 aromatic heterocycles. The lowest BCUT2D eigenvalue weighted by atomic mass is 10.2. The van der Waals surface area contributed by atoms with Crippen LogP contribution in [-0.2, 0) is 6.54 Å². The van der Waals surface area contributed by atoms with Gasteiger partial charge < -0.3 is 10.1 Å². The lowest BCUT2D eigenvalue weighted by Gasteiger charge is -2.06. The molecule has 0 radical (unpaired) electrons. The van der Waals surface area contributed by atoms with Crippen molar-refractivity contribution in [3.05, 3.63) is 94.5 Å². The molecule has 140 valence electrons. The number of anilines is 1. The standard InChI is InChI=1S/C21H18N4O3/c1-28-18-10-8-17(9-11-18)22-20(26)16-7-12-19-23-25(21(27)24(19)14-16)13-15-5-3-2-4-6-15/h2-12,14H,13H2,1H3,(H,22,26). The number of methoxy groups -OCH3 is 1. The van der Waals surface area contributed by atoms with Gasteiger partial charge in [0.15, 0.2) is 5.65 Å². The van der Waals surface area contributed by atoms with Crippen molar-refractivity contribution in [1.29, 1.82) is 0 Å². The Morgan fingerprint density at radius 2 is 1.79 bits per heavy atom. The average Bonchev–Trinajstić information content (AvgIpc) is 3.04. The summed E-state index contributed by atoms with van der Waals surface area (Å²) in [5.41, 5.74) is 2.17. The lowest BCUT2D eigenvalue weighted by molar-refractivity contribution is 0.102. The summed E-state index contributed by atoms with van der Waals surface area (Å²) < 4.78 is 7.87. The van der Waals surface area contributed by atoms with Gasteiger partial charge in [-0.15, -0.1) is 5.10 Å². The van der Waals surface area contributed by atoms with Crippen LogP contribution in [0.3, 0.4) is 0 Å². The maximum atomic E-state index is 12.7. The molecule has 2 heterocycles. The van der Waals surface area contributed by atoms with E-state index in [1.165, 1.54) is 15.3 Å². The van der Waals surface area contributed by atoms with Crippen LogP contribution in [0.25, 0.3) is 5.65 Å². The number of hydrogen-bond acceptors (Lipinski definition) is 4. The first-order valence-electron chi connectivity index (χ1n) is 8.72. The molecule has 0 aliphatic carbocycles. The normalized spacial score (nSPS) is 10.8. The monoisotopic (exact) mass is 374 g/mol. The molecule has 7 heteroatoms. The van der Waals surface area contributed by atoms with Crippen LogP contribution in [0, 0.1) is 0 Å². The van der Waals surface area contributed by atoms with Crippen molar-refractivity contribution in [2.24, 2.45) is 0 Å². The Kier molecular flexibility index (Phi) is 4.63. The molecule has 0 bridgehead atoms. The smallest absolute Gasteiger partial charge is 0.350 e. The highest BCUT2D eigenvalue weighted by molar-refractivity contribution is 6.04. The Hall–Kier alpha value is -3.87. The summed E-state index contributed by atoms with van der Waals surface area (Å²) in [5, 5.41) is 7.14. The van der Waals surface area contributed by atoms with Gasteiger partial charge in [0.1, 0.15) is 5.75 Å². The molecule has 0 aliphatic rings. The van der Waals surface area contributed by atoms with Crippen LogP contribution in [-0.4, -0.2) is 27.2 Å². The third kappa shape index (κ3) is 3.50. The second-order valence-corrected chi connectivity index (χ2v) is 6.25. The minimum atomic E-state index is -0.310. The first-order valence-corrected chi connectivity index (χ1v) is 8.72. The van der Waals surface area contributed by atoms with Crippen LogP contribution in [0.1, 0.15) is 15.9 Å². The molecule has 4 rings (SSSR count). The van der Waals surface area contributed by atoms with E-state index in [0.29, 0.717) is 29.2 Å². The zero-order valence-corrected chi connectivity index (χ0v) is 15.2. The van der Waals surface area contributed by atoms with E-state index < -0.39 is 0 Å². The maximum Gasteiger partial charge on any atom is 0.350 e. The number of benzene rings is 2. The zero-order chi connectivity index (χ0) is 19.5. The molecule has 2 aromatic carbocycles. The van der Waals surface area contributed by atoms with Gasteiger partial charge in [-0.2, -0.15) is 0 Å². The summed E-state index contributed by atoms with van der Waals surface area (Å²) in [5.74, 6) is 0.395. The first-order chi connectivity index (χ1) is 13.6. The molecule has 28 heavy (non-hydrogen) atoms. The molecule has 0 saturated heterocycles. The van der Waals surface area contributed by atoms with Crippen LogP contribution < -0.4 is 15.7 Å². The van der Waals surface area contributed by atoms with E-state index in [9.17, 15) is 9.59 Å². The van der Waals surface area contributed by atoms with Crippen LogP contribution in [0.5, 0.6) is 5.75 Å². The van der Waals surface area contributed by atoms with Gasteiger partial charge in [-0.05, 0) is 42.0 Å². The number of carbonyl (C=O) groups is 1. The molecule has 0 unspecified atom stereocenters. The van der Waals surface area contributed by atoms with Crippen molar-refractivity contribution in [2.45, 2.75) is 6.54 Å². The first kappa shape index (κ1) is 17.5. The Bertz CT molecular complexity index is 1180. The summed E-state index contributed by atoms with van der Waals surface area (Å²) in [7, 11) is 1.58. The lowest BCUT2D eigenvalue weighted by Crippen LogP contribution is -2.22. The fourth-order valence-electron chi connectivity index (χ4n) is 2.89. The Balaban J connectivity index is 1.59. The number of pyridine rings is 1. The Morgan fingerprint density at radius 3 is 2.50 bits per heavy atom. The van der Waals surface area contributed by atoms with Crippen molar-refractivity contribution in [3.8, 4) is 5.75 Å². The second kappa shape index (κ2) is 7.40. The predicted molar refractivity (Wildman–Crippen MR) is 106 cm³/mol. The quantitative estimate of drug-likeness (QED) is 0.583. The third-order valence-electron chi connectivity index (χ3n) is 4.36. The van der Waals surface area contributed by atoms with Gasteiger partial charge in [-0.1, -0.05) is 30.3 Å². The number of nitrogens with zero attached hydrogens (tertiary/aromatic N) is 3. The van der Waals surface area contributed by atoms with E-state index in [-0.39, 0.29) is 11.6 Å². The average molecular weight is 374 g/mol. The molecule has 0 aliphatic heterocycles. The van der Waals surface area contributed by atoms with E-state index in [4.69, 9.17) is 4.74 Å². The fraction of sp³-hybridized carbons (Fsp3) is 0.0952. The van der Waals surface area contributed by atoms with E-state index in [2.05, 4.69) is 10.4 Å². The molecular formula is C21H18N4O3. The fourth-order valence-corrected chi connectivity index (χ4v) is 2.89. The molecule has 4 aromatic rings. The highest BCUT2D eigenvalue weighted by atomic mass is 16.5.